The van der Waals surface area contributed by atoms with Crippen molar-refractivity contribution in [3.05, 3.63) is 42.0 Å². The molecule has 0 aliphatic rings. The fraction of sp³-hybridized carbons (Fsp3) is 0.235. The van der Waals surface area contributed by atoms with E-state index in [2.05, 4.69) is 21.2 Å². The number of carbonyl (C=O) groups is 1. The van der Waals surface area contributed by atoms with Crippen LogP contribution in [-0.2, 0) is 11.3 Å². The number of hydrogen-bond donors (Lipinski definition) is 2. The van der Waals surface area contributed by atoms with Crippen LogP contribution in [0.5, 0.6) is 5.75 Å². The summed E-state index contributed by atoms with van der Waals surface area (Å²) in [7, 11) is 3.44. The van der Waals surface area contributed by atoms with Gasteiger partial charge < -0.3 is 15.4 Å². The SMILES string of the molecule is COc1ccc2cc(CN(C)C(=O)CSc3n[nH]c(N)n3)ccc2c1. The molecule has 0 spiro atoms. The number of nitrogens with two attached hydrogens (primary N) is 1. The lowest BCUT2D eigenvalue weighted by molar-refractivity contribution is -0.127. The maximum absolute atomic E-state index is 12.3. The molecule has 3 aromatic rings. The van der Waals surface area contributed by atoms with Crippen LogP contribution in [0.4, 0.5) is 5.95 Å². The van der Waals surface area contributed by atoms with Crippen molar-refractivity contribution < 1.29 is 9.53 Å². The Labute approximate surface area is 149 Å². The quantitative estimate of drug-likeness (QED) is 0.657. The summed E-state index contributed by atoms with van der Waals surface area (Å²) in [5.74, 6) is 1.34. The molecular weight excluding hydrogens is 338 g/mol. The molecule has 0 saturated carbocycles. The molecule has 0 fully saturated rings. The van der Waals surface area contributed by atoms with E-state index in [1.165, 1.54) is 11.8 Å². The summed E-state index contributed by atoms with van der Waals surface area (Å²) >= 11 is 1.26. The van der Waals surface area contributed by atoms with Crippen molar-refractivity contribution in [1.29, 1.82) is 0 Å². The first-order chi connectivity index (χ1) is 12.0. The summed E-state index contributed by atoms with van der Waals surface area (Å²) in [6, 6.07) is 12.1. The molecule has 130 valence electrons. The number of fused-ring (bicyclic) bond motifs is 1. The normalized spacial score (nSPS) is 10.8. The number of aromatic nitrogens is 3. The van der Waals surface area contributed by atoms with E-state index in [1.54, 1.807) is 19.1 Å². The van der Waals surface area contributed by atoms with Crippen LogP contribution in [0, 0.1) is 0 Å². The molecule has 8 heteroatoms. The van der Waals surface area contributed by atoms with Gasteiger partial charge in [0.25, 0.3) is 0 Å². The Morgan fingerprint density at radius 3 is 2.76 bits per heavy atom. The summed E-state index contributed by atoms with van der Waals surface area (Å²) in [5, 5.41) is 9.14. The van der Waals surface area contributed by atoms with E-state index in [0.29, 0.717) is 11.7 Å². The molecule has 1 heterocycles. The number of nitrogen functional groups attached to an aromatic ring is 1. The van der Waals surface area contributed by atoms with Gasteiger partial charge in [-0.3, -0.25) is 4.79 Å². The van der Waals surface area contributed by atoms with E-state index in [0.717, 1.165) is 22.1 Å². The monoisotopic (exact) mass is 357 g/mol. The lowest BCUT2D eigenvalue weighted by Crippen LogP contribution is -2.27. The first-order valence-corrected chi connectivity index (χ1v) is 8.65. The average molecular weight is 357 g/mol. The summed E-state index contributed by atoms with van der Waals surface area (Å²) in [6.45, 7) is 0.539. The van der Waals surface area contributed by atoms with Gasteiger partial charge in [-0.15, -0.1) is 5.10 Å². The number of hydrogen-bond acceptors (Lipinski definition) is 6. The average Bonchev–Trinajstić information content (AvgIpc) is 3.04. The molecular formula is C17H19N5O2S. The molecule has 0 bridgehead atoms. The first kappa shape index (κ1) is 17.1. The molecule has 1 amide bonds. The second-order valence-corrected chi connectivity index (χ2v) is 6.53. The summed E-state index contributed by atoms with van der Waals surface area (Å²) in [6.07, 6.45) is 0. The zero-order chi connectivity index (χ0) is 17.8. The third-order valence-corrected chi connectivity index (χ3v) is 4.60. The summed E-state index contributed by atoms with van der Waals surface area (Å²) in [5.41, 5.74) is 6.53. The third-order valence-electron chi connectivity index (χ3n) is 3.76. The number of rotatable bonds is 6. The Hall–Kier alpha value is -2.74. The molecule has 3 rings (SSSR count). The second-order valence-electron chi connectivity index (χ2n) is 5.59. The second kappa shape index (κ2) is 7.43. The lowest BCUT2D eigenvalue weighted by Gasteiger charge is -2.17. The highest BCUT2D eigenvalue weighted by Crippen LogP contribution is 2.22. The number of methoxy groups -OCH3 is 1. The topological polar surface area (TPSA) is 97.1 Å². The summed E-state index contributed by atoms with van der Waals surface area (Å²) in [4.78, 5) is 17.9. The fourth-order valence-corrected chi connectivity index (χ4v) is 3.17. The first-order valence-electron chi connectivity index (χ1n) is 7.66. The van der Waals surface area contributed by atoms with Gasteiger partial charge in [0.15, 0.2) is 0 Å². The predicted molar refractivity (Wildman–Crippen MR) is 98.5 cm³/mol. The van der Waals surface area contributed by atoms with Gasteiger partial charge in [-0.2, -0.15) is 4.98 Å². The zero-order valence-corrected chi connectivity index (χ0v) is 14.8. The molecule has 0 atom stereocenters. The van der Waals surface area contributed by atoms with Crippen molar-refractivity contribution >= 4 is 34.4 Å². The van der Waals surface area contributed by atoms with Gasteiger partial charge >= 0.3 is 0 Å². The van der Waals surface area contributed by atoms with E-state index < -0.39 is 0 Å². The van der Waals surface area contributed by atoms with Gasteiger partial charge in [0.05, 0.1) is 12.9 Å². The number of thioether (sulfide) groups is 1. The number of H-pyrrole nitrogens is 1. The minimum Gasteiger partial charge on any atom is -0.497 e. The van der Waals surface area contributed by atoms with Crippen LogP contribution in [0.15, 0.2) is 41.6 Å². The molecule has 0 saturated heterocycles. The number of carbonyl (C=O) groups excluding carboxylic acids is 1. The van der Waals surface area contributed by atoms with Gasteiger partial charge in [0.2, 0.25) is 17.0 Å². The maximum atomic E-state index is 12.3. The van der Waals surface area contributed by atoms with E-state index in [-0.39, 0.29) is 17.6 Å². The largest absolute Gasteiger partial charge is 0.497 e. The van der Waals surface area contributed by atoms with Gasteiger partial charge in [0, 0.05) is 13.6 Å². The highest BCUT2D eigenvalue weighted by molar-refractivity contribution is 7.99. The minimum absolute atomic E-state index is 0.00296. The number of anilines is 1. The van der Waals surface area contributed by atoms with Gasteiger partial charge in [-0.1, -0.05) is 30.0 Å². The van der Waals surface area contributed by atoms with Crippen LogP contribution in [0.2, 0.25) is 0 Å². The molecule has 3 N–H and O–H groups in total. The van der Waals surface area contributed by atoms with Crippen LogP contribution in [0.3, 0.4) is 0 Å². The number of aromatic amines is 1. The highest BCUT2D eigenvalue weighted by Gasteiger charge is 2.12. The van der Waals surface area contributed by atoms with Crippen LogP contribution < -0.4 is 10.5 Å². The van der Waals surface area contributed by atoms with Crippen LogP contribution in [0.1, 0.15) is 5.56 Å². The third kappa shape index (κ3) is 4.21. The maximum Gasteiger partial charge on any atom is 0.233 e. The Kier molecular flexibility index (Phi) is 5.08. The van der Waals surface area contributed by atoms with E-state index in [1.807, 2.05) is 30.3 Å². The molecule has 0 unspecified atom stereocenters. The minimum atomic E-state index is 0.00296. The molecule has 0 aliphatic carbocycles. The van der Waals surface area contributed by atoms with Crippen molar-refractivity contribution in [3.63, 3.8) is 0 Å². The van der Waals surface area contributed by atoms with Gasteiger partial charge in [-0.25, -0.2) is 5.10 Å². The van der Waals surface area contributed by atoms with Gasteiger partial charge in [0.1, 0.15) is 5.75 Å². The Morgan fingerprint density at radius 2 is 2.04 bits per heavy atom. The van der Waals surface area contributed by atoms with Crippen LogP contribution in [-0.4, -0.2) is 45.9 Å². The van der Waals surface area contributed by atoms with Gasteiger partial charge in [-0.05, 0) is 34.5 Å². The fourth-order valence-electron chi connectivity index (χ4n) is 2.42. The summed E-state index contributed by atoms with van der Waals surface area (Å²) < 4.78 is 5.24. The van der Waals surface area contributed by atoms with Crippen molar-refractivity contribution in [2.75, 3.05) is 25.6 Å². The molecule has 2 aromatic carbocycles. The van der Waals surface area contributed by atoms with Crippen LogP contribution >= 0.6 is 11.8 Å². The van der Waals surface area contributed by atoms with Crippen LogP contribution in [0.25, 0.3) is 10.8 Å². The van der Waals surface area contributed by atoms with E-state index in [9.17, 15) is 4.79 Å². The predicted octanol–water partition coefficient (Wildman–Crippen LogP) is 2.30. The van der Waals surface area contributed by atoms with Crippen molar-refractivity contribution in [3.8, 4) is 5.75 Å². The molecule has 7 nitrogen and oxygen atoms in total. The highest BCUT2D eigenvalue weighted by atomic mass is 32.2. The smallest absolute Gasteiger partial charge is 0.233 e. The number of amides is 1. The van der Waals surface area contributed by atoms with Crippen molar-refractivity contribution in [1.82, 2.24) is 20.1 Å². The molecule has 1 aromatic heterocycles. The Balaban J connectivity index is 1.62. The molecule has 25 heavy (non-hydrogen) atoms. The number of nitrogens with one attached hydrogen (secondary N) is 1. The Morgan fingerprint density at radius 1 is 1.28 bits per heavy atom. The van der Waals surface area contributed by atoms with Crippen molar-refractivity contribution in [2.24, 2.45) is 0 Å². The molecule has 0 radical (unpaired) electrons. The molecule has 0 aliphatic heterocycles. The Bertz CT molecular complexity index is 896. The lowest BCUT2D eigenvalue weighted by atomic mass is 10.1. The zero-order valence-electron chi connectivity index (χ0n) is 14.0. The van der Waals surface area contributed by atoms with Crippen molar-refractivity contribution in [2.45, 2.75) is 11.7 Å². The number of ether oxygens (including phenoxy) is 1. The number of benzene rings is 2. The van der Waals surface area contributed by atoms with E-state index >= 15 is 0 Å². The van der Waals surface area contributed by atoms with E-state index in [4.69, 9.17) is 10.5 Å². The number of nitrogens with zero attached hydrogens (tertiary/aromatic N) is 3. The standard InChI is InChI=1S/C17H19N5O2S/c1-22(15(23)10-25-17-19-16(18)20-21-17)9-11-3-4-13-8-14(24-2)6-5-12(13)7-11/h3-8H,9-10H2,1-2H3,(H3,18,19,20,21).